The summed E-state index contributed by atoms with van der Waals surface area (Å²) >= 11 is 2.03. The second kappa shape index (κ2) is 7.58. The summed E-state index contributed by atoms with van der Waals surface area (Å²) in [5.74, 6) is 7.80. The van der Waals surface area contributed by atoms with Crippen LogP contribution in [0.25, 0.3) is 0 Å². The van der Waals surface area contributed by atoms with Crippen LogP contribution >= 0.6 is 11.8 Å². The summed E-state index contributed by atoms with van der Waals surface area (Å²) in [6, 6.07) is 5.94. The number of hydrogen-bond acceptors (Lipinski definition) is 4. The van der Waals surface area contributed by atoms with Crippen LogP contribution in [0.3, 0.4) is 0 Å². The van der Waals surface area contributed by atoms with E-state index in [4.69, 9.17) is 9.84 Å². The smallest absolute Gasteiger partial charge is 0.119 e. The van der Waals surface area contributed by atoms with Gasteiger partial charge < -0.3 is 9.84 Å². The molecular formula is C16H21NO2S. The molecule has 1 N–H and O–H groups in total. The van der Waals surface area contributed by atoms with Gasteiger partial charge in [0.1, 0.15) is 12.4 Å². The summed E-state index contributed by atoms with van der Waals surface area (Å²) in [6.07, 6.45) is 0. The lowest BCUT2D eigenvalue weighted by molar-refractivity contribution is 0.277. The number of methoxy groups -OCH3 is 1. The summed E-state index contributed by atoms with van der Waals surface area (Å²) in [7, 11) is 1.68. The molecule has 20 heavy (non-hydrogen) atoms. The topological polar surface area (TPSA) is 32.7 Å². The van der Waals surface area contributed by atoms with Gasteiger partial charge in [-0.1, -0.05) is 18.8 Å². The number of hydrogen-bond donors (Lipinski definition) is 1. The summed E-state index contributed by atoms with van der Waals surface area (Å²) in [6.45, 7) is 5.27. The molecule has 108 valence electrons. The highest BCUT2D eigenvalue weighted by atomic mass is 32.2. The number of ether oxygens (including phenoxy) is 1. The van der Waals surface area contributed by atoms with Crippen LogP contribution in [0, 0.1) is 11.8 Å². The molecule has 1 fully saturated rings. The maximum atomic E-state index is 8.86. The Morgan fingerprint density at radius 1 is 1.50 bits per heavy atom. The first-order chi connectivity index (χ1) is 9.72. The first-order valence-electron chi connectivity index (χ1n) is 6.83. The van der Waals surface area contributed by atoms with Crippen LogP contribution in [0.15, 0.2) is 18.2 Å². The van der Waals surface area contributed by atoms with Gasteiger partial charge in [0, 0.05) is 36.2 Å². The van der Waals surface area contributed by atoms with E-state index in [2.05, 4.69) is 23.7 Å². The Balaban J connectivity index is 2.18. The fourth-order valence-electron chi connectivity index (χ4n) is 2.36. The highest BCUT2D eigenvalue weighted by Gasteiger charge is 2.17. The molecule has 0 saturated carbocycles. The van der Waals surface area contributed by atoms with Crippen LogP contribution in [0.1, 0.15) is 18.1 Å². The number of thioether (sulfide) groups is 1. The zero-order valence-electron chi connectivity index (χ0n) is 12.1. The second-order valence-corrected chi connectivity index (χ2v) is 6.45. The summed E-state index contributed by atoms with van der Waals surface area (Å²) in [5.41, 5.74) is 2.15. The van der Waals surface area contributed by atoms with E-state index in [1.54, 1.807) is 7.11 Å². The van der Waals surface area contributed by atoms with E-state index in [9.17, 15) is 0 Å². The van der Waals surface area contributed by atoms with Crippen molar-refractivity contribution in [2.45, 2.75) is 18.7 Å². The van der Waals surface area contributed by atoms with E-state index < -0.39 is 0 Å². The number of rotatable bonds is 3. The summed E-state index contributed by atoms with van der Waals surface area (Å²) < 4.78 is 5.30. The molecule has 1 aromatic rings. The van der Waals surface area contributed by atoms with E-state index in [0.717, 1.165) is 30.9 Å². The molecule has 0 amide bonds. The van der Waals surface area contributed by atoms with Crippen molar-refractivity contribution < 1.29 is 9.84 Å². The van der Waals surface area contributed by atoms with Crippen LogP contribution in [0.4, 0.5) is 0 Å². The fraction of sp³-hybridized carbons (Fsp3) is 0.500. The largest absolute Gasteiger partial charge is 0.497 e. The van der Waals surface area contributed by atoms with E-state index in [0.29, 0.717) is 5.25 Å². The molecule has 4 heteroatoms. The van der Waals surface area contributed by atoms with Crippen molar-refractivity contribution in [1.29, 1.82) is 0 Å². The van der Waals surface area contributed by atoms with Crippen molar-refractivity contribution in [3.05, 3.63) is 29.3 Å². The van der Waals surface area contributed by atoms with E-state index in [-0.39, 0.29) is 6.61 Å². The average Bonchev–Trinajstić information content (AvgIpc) is 2.46. The minimum atomic E-state index is -0.108. The molecule has 1 aliphatic rings. The Kier molecular flexibility index (Phi) is 5.78. The molecule has 1 unspecified atom stereocenters. The van der Waals surface area contributed by atoms with E-state index in [1.165, 1.54) is 11.3 Å². The standard InChI is InChI=1S/C16H21NO2S/c1-13-11-17(7-9-20-13)12-15-10-16(19-2)6-5-14(15)4-3-8-18/h5-6,10,13,18H,7-9,11-12H2,1-2H3. The lowest BCUT2D eigenvalue weighted by atomic mass is 10.1. The van der Waals surface area contributed by atoms with Gasteiger partial charge in [-0.15, -0.1) is 0 Å². The van der Waals surface area contributed by atoms with Gasteiger partial charge in [0.25, 0.3) is 0 Å². The van der Waals surface area contributed by atoms with Crippen LogP contribution in [-0.4, -0.2) is 47.8 Å². The van der Waals surface area contributed by atoms with Gasteiger partial charge in [-0.2, -0.15) is 11.8 Å². The highest BCUT2D eigenvalue weighted by Crippen LogP contribution is 2.23. The number of aliphatic hydroxyl groups excluding tert-OH is 1. The summed E-state index contributed by atoms with van der Waals surface area (Å²) in [4.78, 5) is 2.46. The average molecular weight is 291 g/mol. The maximum Gasteiger partial charge on any atom is 0.119 e. The third-order valence-electron chi connectivity index (χ3n) is 3.33. The molecule has 1 aromatic carbocycles. The Labute approximate surface area is 125 Å². The molecule has 1 atom stereocenters. The molecule has 1 heterocycles. The van der Waals surface area contributed by atoms with Crippen molar-refractivity contribution in [2.75, 3.05) is 32.6 Å². The van der Waals surface area contributed by atoms with Crippen LogP contribution in [-0.2, 0) is 6.54 Å². The van der Waals surface area contributed by atoms with Gasteiger partial charge in [-0.3, -0.25) is 4.90 Å². The van der Waals surface area contributed by atoms with Crippen molar-refractivity contribution in [3.8, 4) is 17.6 Å². The number of nitrogens with zero attached hydrogens (tertiary/aromatic N) is 1. The van der Waals surface area contributed by atoms with Crippen molar-refractivity contribution in [2.24, 2.45) is 0 Å². The van der Waals surface area contributed by atoms with Crippen molar-refractivity contribution >= 4 is 11.8 Å². The Morgan fingerprint density at radius 2 is 2.35 bits per heavy atom. The molecule has 0 aromatic heterocycles. The van der Waals surface area contributed by atoms with E-state index in [1.807, 2.05) is 30.0 Å². The summed E-state index contributed by atoms with van der Waals surface area (Å²) in [5, 5.41) is 9.55. The third kappa shape index (κ3) is 4.17. The van der Waals surface area contributed by atoms with Gasteiger partial charge in [-0.05, 0) is 23.8 Å². The highest BCUT2D eigenvalue weighted by molar-refractivity contribution is 7.99. The van der Waals surface area contributed by atoms with Crippen molar-refractivity contribution in [1.82, 2.24) is 4.90 Å². The lowest BCUT2D eigenvalue weighted by Gasteiger charge is -2.30. The first kappa shape index (κ1) is 15.2. The minimum Gasteiger partial charge on any atom is -0.497 e. The number of aliphatic hydroxyl groups is 1. The van der Waals surface area contributed by atoms with E-state index >= 15 is 0 Å². The maximum absolute atomic E-state index is 8.86. The van der Waals surface area contributed by atoms with Gasteiger partial charge in [0.05, 0.1) is 7.11 Å². The number of benzene rings is 1. The third-order valence-corrected chi connectivity index (χ3v) is 4.47. The Morgan fingerprint density at radius 3 is 3.05 bits per heavy atom. The first-order valence-corrected chi connectivity index (χ1v) is 7.88. The van der Waals surface area contributed by atoms with Crippen LogP contribution in [0.5, 0.6) is 5.75 Å². The molecule has 0 aliphatic carbocycles. The molecule has 0 spiro atoms. The minimum absolute atomic E-state index is 0.108. The molecule has 0 radical (unpaired) electrons. The predicted octanol–water partition coefficient (Wildman–Crippen LogP) is 1.98. The Bertz CT molecular complexity index is 507. The van der Waals surface area contributed by atoms with Gasteiger partial charge >= 0.3 is 0 Å². The zero-order valence-corrected chi connectivity index (χ0v) is 12.9. The van der Waals surface area contributed by atoms with Crippen molar-refractivity contribution in [3.63, 3.8) is 0 Å². The molecule has 2 rings (SSSR count). The van der Waals surface area contributed by atoms with Gasteiger partial charge in [0.15, 0.2) is 0 Å². The van der Waals surface area contributed by atoms with Gasteiger partial charge in [0.2, 0.25) is 0 Å². The zero-order chi connectivity index (χ0) is 14.4. The van der Waals surface area contributed by atoms with Crippen LogP contribution < -0.4 is 4.74 Å². The Hall–Kier alpha value is -1.15. The molecule has 1 saturated heterocycles. The SMILES string of the molecule is COc1ccc(C#CCO)c(CN2CCSC(C)C2)c1. The molecule has 1 aliphatic heterocycles. The normalized spacial score (nSPS) is 19.2. The van der Waals surface area contributed by atoms with Gasteiger partial charge in [-0.25, -0.2) is 0 Å². The monoisotopic (exact) mass is 291 g/mol. The molecule has 3 nitrogen and oxygen atoms in total. The second-order valence-electron chi connectivity index (χ2n) is 4.90. The quantitative estimate of drug-likeness (QED) is 0.863. The fourth-order valence-corrected chi connectivity index (χ4v) is 3.44. The predicted molar refractivity (Wildman–Crippen MR) is 84.2 cm³/mol. The molecular weight excluding hydrogens is 270 g/mol. The van der Waals surface area contributed by atoms with Crippen LogP contribution in [0.2, 0.25) is 0 Å². The lowest BCUT2D eigenvalue weighted by Crippen LogP contribution is -2.36. The molecule has 0 bridgehead atoms.